The highest BCUT2D eigenvalue weighted by Gasteiger charge is 2.33. The molecule has 47 heavy (non-hydrogen) atoms. The molecule has 2 aromatic heterocycles. The monoisotopic (exact) mass is 643 g/mol. The molecule has 0 fully saturated rings. The molecule has 1 atom stereocenters. The molecule has 8 nitrogen and oxygen atoms in total. The molecule has 6 rings (SSSR count). The Morgan fingerprint density at radius 3 is 2.47 bits per heavy atom. The van der Waals surface area contributed by atoms with Crippen molar-refractivity contribution in [1.82, 2.24) is 15.0 Å². The molecule has 1 N–H and O–H groups in total. The van der Waals surface area contributed by atoms with E-state index in [9.17, 15) is 18.4 Å². The van der Waals surface area contributed by atoms with Gasteiger partial charge in [0.05, 0.1) is 35.4 Å². The molecule has 248 valence electrons. The number of hydrogen-bond donors (Lipinski definition) is 1. The van der Waals surface area contributed by atoms with Crippen molar-refractivity contribution in [3.05, 3.63) is 102 Å². The van der Waals surface area contributed by atoms with Crippen molar-refractivity contribution in [3.63, 3.8) is 0 Å². The highest BCUT2D eigenvalue weighted by Crippen LogP contribution is 2.40. The van der Waals surface area contributed by atoms with Crippen molar-refractivity contribution in [1.29, 1.82) is 0 Å². The number of esters is 1. The van der Waals surface area contributed by atoms with E-state index in [0.717, 1.165) is 16.9 Å². The molecule has 1 aliphatic carbocycles. The summed E-state index contributed by atoms with van der Waals surface area (Å²) in [6.07, 6.45) is 8.20. The molecule has 4 aromatic rings. The number of ether oxygens (including phenoxy) is 1. The minimum absolute atomic E-state index is 0.0252. The number of fused-ring (bicyclic) bond motifs is 2. The van der Waals surface area contributed by atoms with Crippen molar-refractivity contribution >= 4 is 40.1 Å². The number of rotatable bonds is 8. The predicted molar refractivity (Wildman–Crippen MR) is 183 cm³/mol. The number of nitrogens with one attached hydrogen (secondary N) is 1. The zero-order chi connectivity index (χ0) is 34.1. The quantitative estimate of drug-likeness (QED) is 0.193. The minimum Gasteiger partial charge on any atom is -0.466 e. The van der Waals surface area contributed by atoms with Crippen LogP contribution >= 0.6 is 0 Å². The summed E-state index contributed by atoms with van der Waals surface area (Å²) in [5, 5.41) is 0. The standard InChI is InChI=1S/C33H31F2N5O3.2C2H6/c1-3-33(34,35)23-11-16-26-27(19-23)38-31(37-26)22-9-14-24(15-10-22)39-20-29(41)40(32-28(39)6-5-17-36-32)25-12-7-21(8-13-25)18-30(42)43-4-2;2*1-2/h5-9,11-17,19,22H,3-4,10,18,20H2,1-2H3,(H,37,38);2*1-2H3. The van der Waals surface area contributed by atoms with E-state index in [1.807, 2.05) is 81.1 Å². The van der Waals surface area contributed by atoms with Crippen LogP contribution in [-0.4, -0.2) is 40.0 Å². The molecule has 1 amide bonds. The normalized spacial score (nSPS) is 15.6. The molecule has 3 heterocycles. The van der Waals surface area contributed by atoms with Gasteiger partial charge in [0.2, 0.25) is 0 Å². The summed E-state index contributed by atoms with van der Waals surface area (Å²) in [7, 11) is 0. The van der Waals surface area contributed by atoms with E-state index >= 15 is 0 Å². The first-order chi connectivity index (χ1) is 22.8. The first kappa shape index (κ1) is 35.0. The fourth-order valence-corrected chi connectivity index (χ4v) is 5.47. The van der Waals surface area contributed by atoms with E-state index in [4.69, 9.17) is 4.74 Å². The average Bonchev–Trinajstić information content (AvgIpc) is 3.54. The van der Waals surface area contributed by atoms with E-state index in [2.05, 4.69) is 21.0 Å². The lowest BCUT2D eigenvalue weighted by atomic mass is 9.97. The van der Waals surface area contributed by atoms with Crippen LogP contribution in [0.3, 0.4) is 0 Å². The highest BCUT2D eigenvalue weighted by molar-refractivity contribution is 6.08. The maximum absolute atomic E-state index is 14.2. The third-order valence-electron chi connectivity index (χ3n) is 7.77. The Morgan fingerprint density at radius 1 is 1.06 bits per heavy atom. The van der Waals surface area contributed by atoms with Crippen LogP contribution < -0.4 is 9.80 Å². The van der Waals surface area contributed by atoms with Gasteiger partial charge in [-0.15, -0.1) is 0 Å². The second kappa shape index (κ2) is 15.6. The van der Waals surface area contributed by atoms with E-state index in [1.165, 1.54) is 19.1 Å². The number of nitrogens with zero attached hydrogens (tertiary/aromatic N) is 4. The molecule has 2 aliphatic rings. The van der Waals surface area contributed by atoms with Gasteiger partial charge in [-0.2, -0.15) is 0 Å². The second-order valence-corrected chi connectivity index (χ2v) is 10.6. The van der Waals surface area contributed by atoms with Crippen LogP contribution in [0.1, 0.15) is 77.3 Å². The number of aromatic amines is 1. The minimum atomic E-state index is -2.89. The molecule has 0 spiro atoms. The Kier molecular flexibility index (Phi) is 11.6. The number of anilines is 3. The number of alkyl halides is 2. The van der Waals surface area contributed by atoms with Crippen LogP contribution in [0.2, 0.25) is 0 Å². The van der Waals surface area contributed by atoms with Crippen molar-refractivity contribution in [2.24, 2.45) is 0 Å². The number of halogens is 2. The lowest BCUT2D eigenvalue weighted by Crippen LogP contribution is -2.43. The van der Waals surface area contributed by atoms with Gasteiger partial charge >= 0.3 is 5.97 Å². The zero-order valence-corrected chi connectivity index (χ0v) is 27.9. The summed E-state index contributed by atoms with van der Waals surface area (Å²) in [6, 6.07) is 15.6. The van der Waals surface area contributed by atoms with E-state index in [1.54, 1.807) is 24.1 Å². The molecule has 0 bridgehead atoms. The van der Waals surface area contributed by atoms with Gasteiger partial charge in [-0.25, -0.2) is 18.7 Å². The van der Waals surface area contributed by atoms with Gasteiger partial charge in [-0.1, -0.05) is 65.0 Å². The summed E-state index contributed by atoms with van der Waals surface area (Å²) in [6.45, 7) is 11.7. The van der Waals surface area contributed by atoms with Crippen LogP contribution in [0.5, 0.6) is 0 Å². The fraction of sp³-hybridized carbons (Fsp3) is 0.351. The van der Waals surface area contributed by atoms with Crippen LogP contribution in [-0.2, 0) is 26.7 Å². The molecule has 0 saturated carbocycles. The molecule has 10 heteroatoms. The summed E-state index contributed by atoms with van der Waals surface area (Å²) >= 11 is 0. The number of pyridine rings is 1. The van der Waals surface area contributed by atoms with Gasteiger partial charge in [0.25, 0.3) is 11.8 Å². The number of imidazole rings is 1. The molecule has 2 aromatic carbocycles. The maximum atomic E-state index is 14.2. The number of carbonyl (C=O) groups is 2. The van der Waals surface area contributed by atoms with Gasteiger partial charge in [-0.3, -0.25) is 14.5 Å². The molecular weight excluding hydrogens is 600 g/mol. The third kappa shape index (κ3) is 7.59. The summed E-state index contributed by atoms with van der Waals surface area (Å²) < 4.78 is 33.5. The fourth-order valence-electron chi connectivity index (χ4n) is 5.47. The van der Waals surface area contributed by atoms with E-state index < -0.39 is 5.92 Å². The summed E-state index contributed by atoms with van der Waals surface area (Å²) in [5.41, 5.74) is 4.32. The number of allylic oxidation sites excluding steroid dienone is 3. The number of hydrogen-bond acceptors (Lipinski definition) is 6. The van der Waals surface area contributed by atoms with E-state index in [0.29, 0.717) is 41.4 Å². The first-order valence-electron chi connectivity index (χ1n) is 16.3. The SMILES string of the molecule is CC.CC.CCOC(=O)Cc1ccc(N2C(=O)CN(C3=CCC(c4nc5ccc(C(F)(F)CC)cc5[nH]4)C=C3)c3cccnc32)cc1. The Balaban J connectivity index is 0.00000120. The average molecular weight is 644 g/mol. The van der Waals surface area contributed by atoms with Crippen LogP contribution in [0.4, 0.5) is 26.0 Å². The van der Waals surface area contributed by atoms with E-state index in [-0.39, 0.29) is 42.7 Å². The van der Waals surface area contributed by atoms with Crippen LogP contribution in [0, 0.1) is 0 Å². The number of benzene rings is 2. The summed E-state index contributed by atoms with van der Waals surface area (Å²) in [4.78, 5) is 41.3. The van der Waals surface area contributed by atoms with Gasteiger partial charge in [0, 0.05) is 29.8 Å². The number of amides is 1. The molecule has 1 unspecified atom stereocenters. The molecule has 0 radical (unpaired) electrons. The molecular formula is C37H43F2N5O3. The van der Waals surface area contributed by atoms with Gasteiger partial charge in [0.15, 0.2) is 5.82 Å². The third-order valence-corrected chi connectivity index (χ3v) is 7.77. The number of carbonyl (C=O) groups excluding carboxylic acids is 2. The highest BCUT2D eigenvalue weighted by atomic mass is 19.3. The van der Waals surface area contributed by atoms with Crippen molar-refractivity contribution in [3.8, 4) is 0 Å². The maximum Gasteiger partial charge on any atom is 0.310 e. The number of H-pyrrole nitrogens is 1. The lowest BCUT2D eigenvalue weighted by molar-refractivity contribution is -0.142. The topological polar surface area (TPSA) is 91.4 Å². The second-order valence-electron chi connectivity index (χ2n) is 10.6. The van der Waals surface area contributed by atoms with Crippen LogP contribution in [0.15, 0.2) is 84.7 Å². The van der Waals surface area contributed by atoms with Crippen molar-refractivity contribution in [2.75, 3.05) is 23.0 Å². The van der Waals surface area contributed by atoms with Crippen molar-refractivity contribution in [2.45, 2.75) is 72.6 Å². The van der Waals surface area contributed by atoms with Gasteiger partial charge in [-0.05, 0) is 61.4 Å². The zero-order valence-electron chi connectivity index (χ0n) is 27.9. The first-order valence-corrected chi connectivity index (χ1v) is 16.3. The Labute approximate surface area is 275 Å². The summed E-state index contributed by atoms with van der Waals surface area (Å²) in [5.74, 6) is -2.17. The Morgan fingerprint density at radius 2 is 1.81 bits per heavy atom. The predicted octanol–water partition coefficient (Wildman–Crippen LogP) is 8.73. The van der Waals surface area contributed by atoms with Crippen LogP contribution in [0.25, 0.3) is 11.0 Å². The Bertz CT molecular complexity index is 1750. The number of aromatic nitrogens is 3. The largest absolute Gasteiger partial charge is 0.466 e. The van der Waals surface area contributed by atoms with Gasteiger partial charge < -0.3 is 14.6 Å². The smallest absolute Gasteiger partial charge is 0.310 e. The molecule has 0 saturated heterocycles. The van der Waals surface area contributed by atoms with Gasteiger partial charge in [0.1, 0.15) is 12.4 Å². The molecule has 1 aliphatic heterocycles. The Hall–Kier alpha value is -4.86. The lowest BCUT2D eigenvalue weighted by Gasteiger charge is -2.37. The van der Waals surface area contributed by atoms with Crippen molar-refractivity contribution < 1.29 is 23.1 Å².